The van der Waals surface area contributed by atoms with E-state index in [9.17, 15) is 4.79 Å². The van der Waals surface area contributed by atoms with Crippen LogP contribution >= 0.6 is 11.3 Å². The van der Waals surface area contributed by atoms with Crippen LogP contribution in [-0.4, -0.2) is 17.9 Å². The Morgan fingerprint density at radius 3 is 2.42 bits per heavy atom. The van der Waals surface area contributed by atoms with E-state index >= 15 is 0 Å². The lowest BCUT2D eigenvalue weighted by Crippen LogP contribution is -2.12. The molecule has 100 valence electrons. The van der Waals surface area contributed by atoms with Gasteiger partial charge in [-0.1, -0.05) is 17.4 Å². The highest BCUT2D eigenvalue weighted by Gasteiger charge is 2.16. The topological polar surface area (TPSA) is 80.0 Å². The predicted molar refractivity (Wildman–Crippen MR) is 79.9 cm³/mol. The number of rotatable bonds is 3. The Hall–Kier alpha value is -2.08. The molecule has 0 aliphatic rings. The highest BCUT2D eigenvalue weighted by atomic mass is 32.1. The first-order chi connectivity index (χ1) is 8.99. The second-order valence-corrected chi connectivity index (χ2v) is 5.31. The summed E-state index contributed by atoms with van der Waals surface area (Å²) in [6.45, 7) is 3.98. The molecule has 0 aliphatic carbocycles. The van der Waals surface area contributed by atoms with Crippen LogP contribution in [0.15, 0.2) is 18.2 Å². The van der Waals surface area contributed by atoms with Crippen molar-refractivity contribution in [1.29, 1.82) is 0 Å². The maximum absolute atomic E-state index is 12.1. The number of hydrogen-bond donors (Lipinski definition) is 3. The van der Waals surface area contributed by atoms with Crippen LogP contribution < -0.4 is 16.4 Å². The summed E-state index contributed by atoms with van der Waals surface area (Å²) in [5.74, 6) is 0.0118. The number of nitrogen functional groups attached to an aromatic ring is 1. The standard InChI is InChI=1S/C13H16N4OS/c1-7-4-8(2)6-9(5-7)16-12(18)10-11(14)17-13(15-3)19-10/h4-6H,14H2,1-3H3,(H,15,17)(H,16,18). The summed E-state index contributed by atoms with van der Waals surface area (Å²) < 4.78 is 0. The molecule has 0 spiro atoms. The highest BCUT2D eigenvalue weighted by Crippen LogP contribution is 2.25. The Morgan fingerprint density at radius 2 is 1.89 bits per heavy atom. The van der Waals surface area contributed by atoms with Crippen molar-refractivity contribution >= 4 is 33.9 Å². The first-order valence-corrected chi connectivity index (χ1v) is 6.65. The number of carbonyl (C=O) groups is 1. The van der Waals surface area contributed by atoms with Crippen LogP contribution in [0, 0.1) is 13.8 Å². The van der Waals surface area contributed by atoms with E-state index in [2.05, 4.69) is 21.7 Å². The molecular weight excluding hydrogens is 260 g/mol. The molecule has 0 unspecified atom stereocenters. The van der Waals surface area contributed by atoms with Crippen molar-refractivity contribution in [3.05, 3.63) is 34.2 Å². The van der Waals surface area contributed by atoms with Gasteiger partial charge in [0.05, 0.1) is 0 Å². The average Bonchev–Trinajstić information content (AvgIpc) is 2.69. The van der Waals surface area contributed by atoms with Crippen LogP contribution in [0.3, 0.4) is 0 Å². The summed E-state index contributed by atoms with van der Waals surface area (Å²) in [6, 6.07) is 5.89. The third-order valence-electron chi connectivity index (χ3n) is 2.55. The zero-order chi connectivity index (χ0) is 14.0. The summed E-state index contributed by atoms with van der Waals surface area (Å²) >= 11 is 1.24. The second kappa shape index (κ2) is 5.27. The largest absolute Gasteiger partial charge is 0.382 e. The van der Waals surface area contributed by atoms with Crippen molar-refractivity contribution in [3.8, 4) is 0 Å². The van der Waals surface area contributed by atoms with Gasteiger partial charge in [-0.05, 0) is 37.1 Å². The van der Waals surface area contributed by atoms with Crippen LogP contribution in [0.2, 0.25) is 0 Å². The Balaban J connectivity index is 2.22. The van der Waals surface area contributed by atoms with Gasteiger partial charge in [0.25, 0.3) is 5.91 Å². The van der Waals surface area contributed by atoms with Crippen molar-refractivity contribution < 1.29 is 4.79 Å². The third-order valence-corrected chi connectivity index (χ3v) is 3.64. The van der Waals surface area contributed by atoms with Crippen molar-refractivity contribution in [1.82, 2.24) is 4.98 Å². The molecule has 2 aromatic rings. The van der Waals surface area contributed by atoms with Gasteiger partial charge in [-0.3, -0.25) is 4.79 Å². The zero-order valence-electron chi connectivity index (χ0n) is 11.1. The number of aryl methyl sites for hydroxylation is 2. The molecule has 1 aromatic carbocycles. The summed E-state index contributed by atoms with van der Waals surface area (Å²) in [7, 11) is 1.74. The molecule has 1 amide bonds. The fourth-order valence-corrected chi connectivity index (χ4v) is 2.57. The highest BCUT2D eigenvalue weighted by molar-refractivity contribution is 7.18. The Morgan fingerprint density at radius 1 is 1.26 bits per heavy atom. The van der Waals surface area contributed by atoms with E-state index in [1.165, 1.54) is 11.3 Å². The van der Waals surface area contributed by atoms with Gasteiger partial charge in [0.2, 0.25) is 0 Å². The third kappa shape index (κ3) is 3.03. The number of thiazole rings is 1. The van der Waals surface area contributed by atoms with Crippen LogP contribution in [0.25, 0.3) is 0 Å². The van der Waals surface area contributed by atoms with Crippen LogP contribution in [0.5, 0.6) is 0 Å². The predicted octanol–water partition coefficient (Wildman–Crippen LogP) is 2.64. The molecule has 4 N–H and O–H groups in total. The molecule has 0 atom stereocenters. The first-order valence-electron chi connectivity index (χ1n) is 5.83. The van der Waals surface area contributed by atoms with E-state index in [-0.39, 0.29) is 11.7 Å². The van der Waals surface area contributed by atoms with Gasteiger partial charge < -0.3 is 16.4 Å². The number of nitrogens with zero attached hydrogens (tertiary/aromatic N) is 1. The van der Waals surface area contributed by atoms with Gasteiger partial charge in [-0.2, -0.15) is 0 Å². The second-order valence-electron chi connectivity index (χ2n) is 4.31. The molecule has 0 saturated heterocycles. The van der Waals surface area contributed by atoms with E-state index in [0.717, 1.165) is 16.8 Å². The van der Waals surface area contributed by atoms with Gasteiger partial charge in [0.15, 0.2) is 5.13 Å². The lowest BCUT2D eigenvalue weighted by atomic mass is 10.1. The number of benzene rings is 1. The van der Waals surface area contributed by atoms with Crippen molar-refractivity contribution in [2.45, 2.75) is 13.8 Å². The van der Waals surface area contributed by atoms with Crippen molar-refractivity contribution in [2.24, 2.45) is 0 Å². The lowest BCUT2D eigenvalue weighted by Gasteiger charge is -2.06. The number of anilines is 3. The van der Waals surface area contributed by atoms with Gasteiger partial charge in [0, 0.05) is 12.7 Å². The average molecular weight is 276 g/mol. The first kappa shape index (κ1) is 13.4. The summed E-state index contributed by atoms with van der Waals surface area (Å²) in [5.41, 5.74) is 8.70. The number of carbonyl (C=O) groups excluding carboxylic acids is 1. The van der Waals surface area contributed by atoms with Gasteiger partial charge in [0.1, 0.15) is 10.7 Å². The SMILES string of the molecule is CNc1nc(N)c(C(=O)Nc2cc(C)cc(C)c2)s1. The van der Waals surface area contributed by atoms with E-state index in [1.807, 2.05) is 26.0 Å². The maximum Gasteiger partial charge on any atom is 0.269 e. The van der Waals surface area contributed by atoms with Crippen LogP contribution in [0.1, 0.15) is 20.8 Å². The molecular formula is C13H16N4OS. The molecule has 6 heteroatoms. The molecule has 0 bridgehead atoms. The molecule has 2 rings (SSSR count). The van der Waals surface area contributed by atoms with E-state index in [4.69, 9.17) is 5.73 Å². The van der Waals surface area contributed by atoms with Crippen molar-refractivity contribution in [3.63, 3.8) is 0 Å². The van der Waals surface area contributed by atoms with E-state index in [0.29, 0.717) is 10.0 Å². The number of aromatic nitrogens is 1. The normalized spacial score (nSPS) is 10.3. The molecule has 0 fully saturated rings. The lowest BCUT2D eigenvalue weighted by molar-refractivity contribution is 0.103. The molecule has 0 aliphatic heterocycles. The Bertz CT molecular complexity index is 601. The summed E-state index contributed by atoms with van der Waals surface area (Å²) in [5, 5.41) is 6.34. The maximum atomic E-state index is 12.1. The smallest absolute Gasteiger partial charge is 0.269 e. The minimum absolute atomic E-state index is 0.235. The number of amides is 1. The van der Waals surface area contributed by atoms with Gasteiger partial charge in [-0.25, -0.2) is 4.98 Å². The summed E-state index contributed by atoms with van der Waals surface area (Å²) in [6.07, 6.45) is 0. The molecule has 1 heterocycles. The quantitative estimate of drug-likeness (QED) is 0.805. The minimum atomic E-state index is -0.235. The van der Waals surface area contributed by atoms with Gasteiger partial charge >= 0.3 is 0 Å². The van der Waals surface area contributed by atoms with Crippen LogP contribution in [0.4, 0.5) is 16.6 Å². The molecule has 19 heavy (non-hydrogen) atoms. The Labute approximate surface area is 115 Å². The monoisotopic (exact) mass is 276 g/mol. The molecule has 0 saturated carbocycles. The molecule has 1 aromatic heterocycles. The summed E-state index contributed by atoms with van der Waals surface area (Å²) in [4.78, 5) is 16.6. The van der Waals surface area contributed by atoms with Crippen molar-refractivity contribution in [2.75, 3.05) is 23.4 Å². The van der Waals surface area contributed by atoms with Gasteiger partial charge in [-0.15, -0.1) is 0 Å². The molecule has 0 radical (unpaired) electrons. The minimum Gasteiger partial charge on any atom is -0.382 e. The zero-order valence-corrected chi connectivity index (χ0v) is 11.9. The van der Waals surface area contributed by atoms with E-state index < -0.39 is 0 Å². The Kier molecular flexibility index (Phi) is 3.71. The van der Waals surface area contributed by atoms with E-state index in [1.54, 1.807) is 7.05 Å². The number of nitrogens with one attached hydrogen (secondary N) is 2. The number of hydrogen-bond acceptors (Lipinski definition) is 5. The molecule has 5 nitrogen and oxygen atoms in total. The fraction of sp³-hybridized carbons (Fsp3) is 0.231. The fourth-order valence-electron chi connectivity index (χ4n) is 1.84. The van der Waals surface area contributed by atoms with Crippen LogP contribution in [-0.2, 0) is 0 Å². The number of nitrogens with two attached hydrogens (primary N) is 1.